The van der Waals surface area contributed by atoms with Crippen molar-refractivity contribution in [3.8, 4) is 11.3 Å². The number of halogens is 2. The molecule has 1 radical (unpaired) electrons. The zero-order valence-corrected chi connectivity index (χ0v) is 18.3. The maximum Gasteiger partial charge on any atom is 0.256 e. The van der Waals surface area contributed by atoms with Crippen LogP contribution in [0, 0.1) is 17.7 Å². The average Bonchev–Trinajstić information content (AvgIpc) is 3.49. The molecule has 2 saturated heterocycles. The summed E-state index contributed by atoms with van der Waals surface area (Å²) in [5.74, 6) is -1.74. The summed E-state index contributed by atoms with van der Waals surface area (Å²) in [5.41, 5.74) is 2.38. The monoisotopic (exact) mass is 462 g/mol. The van der Waals surface area contributed by atoms with Crippen LogP contribution in [-0.4, -0.2) is 72.7 Å². The lowest BCUT2D eigenvalue weighted by Crippen LogP contribution is -2.56. The number of nitrogens with one attached hydrogen (secondary N) is 1. The number of hydrogen-bond donors (Lipinski definition) is 1. The molecule has 5 heterocycles. The molecule has 6 rings (SSSR count). The van der Waals surface area contributed by atoms with Gasteiger partial charge in [0.25, 0.3) is 5.91 Å². The van der Waals surface area contributed by atoms with E-state index < -0.39 is 17.5 Å². The molecule has 1 aromatic carbocycles. The number of benzene rings is 1. The summed E-state index contributed by atoms with van der Waals surface area (Å²) >= 11 is 0. The molecule has 2 aliphatic heterocycles. The molecule has 1 amide bonds. The third-order valence-corrected chi connectivity index (χ3v) is 6.73. The number of H-pyrrole nitrogens is 1. The minimum atomic E-state index is -0.687. The van der Waals surface area contributed by atoms with Gasteiger partial charge in [-0.2, -0.15) is 5.10 Å². The lowest BCUT2D eigenvalue weighted by molar-refractivity contribution is 0.0511. The fourth-order valence-corrected chi connectivity index (χ4v) is 4.81. The zero-order chi connectivity index (χ0) is 23.2. The summed E-state index contributed by atoms with van der Waals surface area (Å²) < 4.78 is 29.4. The van der Waals surface area contributed by atoms with Crippen LogP contribution in [0.1, 0.15) is 23.2 Å². The molecule has 0 unspecified atom stereocenters. The first-order valence-electron chi connectivity index (χ1n) is 11.2. The van der Waals surface area contributed by atoms with E-state index in [0.717, 1.165) is 66.4 Å². The van der Waals surface area contributed by atoms with E-state index in [2.05, 4.69) is 25.0 Å². The Bertz CT molecular complexity index is 1350. The number of carbonyl (C=O) groups is 1. The number of piperidine rings is 1. The molecular weight excluding hydrogens is 440 g/mol. The molecule has 2 aliphatic rings. The summed E-state index contributed by atoms with van der Waals surface area (Å²) in [7, 11) is 0. The summed E-state index contributed by atoms with van der Waals surface area (Å²) in [6, 6.07) is 6.50. The molecule has 10 heteroatoms. The van der Waals surface area contributed by atoms with Crippen molar-refractivity contribution in [3.63, 3.8) is 0 Å². The van der Waals surface area contributed by atoms with Gasteiger partial charge in [-0.3, -0.25) is 14.4 Å². The topological polar surface area (TPSA) is 82.9 Å². The highest BCUT2D eigenvalue weighted by Gasteiger charge is 2.37. The van der Waals surface area contributed by atoms with E-state index in [1.165, 1.54) is 6.04 Å². The lowest BCUT2D eigenvalue weighted by Gasteiger charge is -2.46. The number of hydrogen-bond acceptors (Lipinski definition) is 5. The van der Waals surface area contributed by atoms with Crippen molar-refractivity contribution in [2.24, 2.45) is 0 Å². The number of aromatic nitrogens is 5. The maximum atomic E-state index is 14.0. The predicted octanol–water partition coefficient (Wildman–Crippen LogP) is 3.10. The molecule has 173 valence electrons. The van der Waals surface area contributed by atoms with Gasteiger partial charge in [0.05, 0.1) is 17.5 Å². The van der Waals surface area contributed by atoms with Crippen molar-refractivity contribution < 1.29 is 13.6 Å². The first kappa shape index (κ1) is 20.9. The molecule has 2 fully saturated rings. The Morgan fingerprint density at radius 3 is 2.74 bits per heavy atom. The standard InChI is InChI=1S/C24H22F2N7O/c25-16-1-2-21(26)20(9-16)24(34)31-7-4-17(5-8-31)32-12-18(13-32)33-11-15(10-30-33)22-19-3-6-27-23(19)29-14-28-22/h1-3,6,9-11,14,17H,4-5,7-8,12-13H2,(H,27,28,29). The second kappa shape index (κ2) is 8.28. The highest BCUT2D eigenvalue weighted by molar-refractivity contribution is 5.94. The van der Waals surface area contributed by atoms with Crippen molar-refractivity contribution in [1.82, 2.24) is 34.5 Å². The average molecular weight is 462 g/mol. The summed E-state index contributed by atoms with van der Waals surface area (Å²) in [4.78, 5) is 28.4. The largest absolute Gasteiger partial charge is 0.346 e. The van der Waals surface area contributed by atoms with Crippen molar-refractivity contribution in [1.29, 1.82) is 0 Å². The SMILES string of the molecule is O=C(c1cc(F)ccc1F)N1CCC(N2C[C](n3cc(-c4ncnc5[nH]ccc45)cn3)C2)CC1. The Kier molecular flexibility index (Phi) is 5.09. The van der Waals surface area contributed by atoms with Crippen molar-refractivity contribution in [3.05, 3.63) is 72.4 Å². The Hall–Kier alpha value is -3.66. The second-order valence-electron chi connectivity index (χ2n) is 8.75. The van der Waals surface area contributed by atoms with Crippen LogP contribution in [0.2, 0.25) is 0 Å². The number of amides is 1. The highest BCUT2D eigenvalue weighted by atomic mass is 19.1. The van der Waals surface area contributed by atoms with Gasteiger partial charge in [-0.1, -0.05) is 0 Å². The van der Waals surface area contributed by atoms with E-state index in [1.807, 2.05) is 29.3 Å². The number of aromatic amines is 1. The van der Waals surface area contributed by atoms with Gasteiger partial charge in [0.2, 0.25) is 0 Å². The van der Waals surface area contributed by atoms with E-state index in [0.29, 0.717) is 19.1 Å². The Morgan fingerprint density at radius 2 is 1.91 bits per heavy atom. The second-order valence-corrected chi connectivity index (χ2v) is 8.75. The number of nitrogens with zero attached hydrogens (tertiary/aromatic N) is 6. The maximum absolute atomic E-state index is 14.0. The normalized spacial score (nSPS) is 17.9. The van der Waals surface area contributed by atoms with Gasteiger partial charge >= 0.3 is 0 Å². The van der Waals surface area contributed by atoms with E-state index in [4.69, 9.17) is 0 Å². The Balaban J connectivity index is 1.05. The molecule has 8 nitrogen and oxygen atoms in total. The predicted molar refractivity (Wildman–Crippen MR) is 121 cm³/mol. The lowest BCUT2D eigenvalue weighted by atomic mass is 9.97. The summed E-state index contributed by atoms with van der Waals surface area (Å²) in [6.45, 7) is 2.67. The number of rotatable bonds is 4. The molecule has 0 aliphatic carbocycles. The van der Waals surface area contributed by atoms with Gasteiger partial charge in [-0.05, 0) is 37.1 Å². The molecular formula is C24H22F2N7O. The molecule has 1 N–H and O–H groups in total. The first-order chi connectivity index (χ1) is 16.6. The van der Waals surface area contributed by atoms with Crippen LogP contribution in [0.15, 0.2) is 49.2 Å². The Labute approximate surface area is 194 Å². The first-order valence-corrected chi connectivity index (χ1v) is 11.2. The van der Waals surface area contributed by atoms with Gasteiger partial charge in [-0.15, -0.1) is 0 Å². The van der Waals surface area contributed by atoms with Crippen LogP contribution >= 0.6 is 0 Å². The molecule has 0 atom stereocenters. The van der Waals surface area contributed by atoms with E-state index in [9.17, 15) is 13.6 Å². The van der Waals surface area contributed by atoms with Crippen LogP contribution in [0.3, 0.4) is 0 Å². The highest BCUT2D eigenvalue weighted by Crippen LogP contribution is 2.30. The van der Waals surface area contributed by atoms with Crippen LogP contribution in [-0.2, 0) is 0 Å². The van der Waals surface area contributed by atoms with Crippen molar-refractivity contribution >= 4 is 16.9 Å². The van der Waals surface area contributed by atoms with Crippen LogP contribution in [0.4, 0.5) is 8.78 Å². The van der Waals surface area contributed by atoms with Gasteiger partial charge in [0.1, 0.15) is 29.7 Å². The number of fused-ring (bicyclic) bond motifs is 1. The Morgan fingerprint density at radius 1 is 1.09 bits per heavy atom. The van der Waals surface area contributed by atoms with Crippen LogP contribution < -0.4 is 0 Å². The smallest absolute Gasteiger partial charge is 0.256 e. The zero-order valence-electron chi connectivity index (χ0n) is 18.3. The van der Waals surface area contributed by atoms with Crippen molar-refractivity contribution in [2.45, 2.75) is 18.9 Å². The van der Waals surface area contributed by atoms with Gasteiger partial charge < -0.3 is 9.88 Å². The van der Waals surface area contributed by atoms with E-state index in [-0.39, 0.29) is 5.56 Å². The fraction of sp³-hybridized carbons (Fsp3) is 0.292. The fourth-order valence-electron chi connectivity index (χ4n) is 4.81. The minimum Gasteiger partial charge on any atom is -0.346 e. The summed E-state index contributed by atoms with van der Waals surface area (Å²) in [6.07, 6.45) is 8.80. The van der Waals surface area contributed by atoms with Crippen LogP contribution in [0.5, 0.6) is 0 Å². The third-order valence-electron chi connectivity index (χ3n) is 6.73. The molecule has 0 saturated carbocycles. The van der Waals surface area contributed by atoms with E-state index in [1.54, 1.807) is 11.2 Å². The quantitative estimate of drug-likeness (QED) is 0.504. The van der Waals surface area contributed by atoms with Crippen molar-refractivity contribution in [2.75, 3.05) is 26.2 Å². The van der Waals surface area contributed by atoms with Crippen LogP contribution in [0.25, 0.3) is 22.3 Å². The molecule has 0 spiro atoms. The molecule has 34 heavy (non-hydrogen) atoms. The number of carbonyl (C=O) groups excluding carboxylic acids is 1. The third kappa shape index (κ3) is 3.63. The molecule has 4 aromatic rings. The van der Waals surface area contributed by atoms with Gasteiger partial charge in [-0.25, -0.2) is 18.7 Å². The molecule has 0 bridgehead atoms. The number of likely N-dealkylation sites (tertiary alicyclic amines) is 2. The van der Waals surface area contributed by atoms with Gasteiger partial charge in [0, 0.05) is 55.6 Å². The van der Waals surface area contributed by atoms with Gasteiger partial charge in [0.15, 0.2) is 0 Å². The van der Waals surface area contributed by atoms with E-state index >= 15 is 0 Å². The molecule has 3 aromatic heterocycles. The minimum absolute atomic E-state index is 0.201. The summed E-state index contributed by atoms with van der Waals surface area (Å²) in [5, 5.41) is 5.49.